The molecular weight excluding hydrogens is 360 g/mol. The SMILES string of the molecule is COc1cc(CNCc2cn(C(C)(C)C)nc2-c2ccccc2Cl)ccn1. The van der Waals surface area contributed by atoms with Gasteiger partial charge in [-0.25, -0.2) is 4.98 Å². The van der Waals surface area contributed by atoms with Crippen molar-refractivity contribution in [3.8, 4) is 17.1 Å². The van der Waals surface area contributed by atoms with Gasteiger partial charge in [0.15, 0.2) is 0 Å². The van der Waals surface area contributed by atoms with Gasteiger partial charge in [0.25, 0.3) is 0 Å². The van der Waals surface area contributed by atoms with Crippen molar-refractivity contribution < 1.29 is 4.74 Å². The molecule has 1 N–H and O–H groups in total. The Morgan fingerprint density at radius 2 is 1.93 bits per heavy atom. The van der Waals surface area contributed by atoms with Crippen LogP contribution in [0, 0.1) is 0 Å². The average molecular weight is 385 g/mol. The molecule has 0 saturated heterocycles. The van der Waals surface area contributed by atoms with E-state index in [0.717, 1.165) is 22.4 Å². The van der Waals surface area contributed by atoms with Gasteiger partial charge in [-0.2, -0.15) is 5.10 Å². The summed E-state index contributed by atoms with van der Waals surface area (Å²) in [5.74, 6) is 0.617. The minimum absolute atomic E-state index is 0.104. The van der Waals surface area contributed by atoms with Crippen LogP contribution in [0.3, 0.4) is 0 Å². The number of hydrogen-bond donors (Lipinski definition) is 1. The topological polar surface area (TPSA) is 52.0 Å². The maximum Gasteiger partial charge on any atom is 0.213 e. The van der Waals surface area contributed by atoms with Crippen LogP contribution in [-0.2, 0) is 18.6 Å². The van der Waals surface area contributed by atoms with Crippen LogP contribution in [0.1, 0.15) is 31.9 Å². The molecule has 0 aliphatic carbocycles. The number of ether oxygens (including phenoxy) is 1. The van der Waals surface area contributed by atoms with Crippen LogP contribution < -0.4 is 10.1 Å². The van der Waals surface area contributed by atoms with E-state index in [4.69, 9.17) is 21.4 Å². The molecule has 0 aliphatic rings. The van der Waals surface area contributed by atoms with Crippen molar-refractivity contribution in [2.45, 2.75) is 39.4 Å². The first-order valence-corrected chi connectivity index (χ1v) is 9.30. The zero-order valence-corrected chi connectivity index (χ0v) is 16.9. The zero-order valence-electron chi connectivity index (χ0n) is 16.2. The maximum atomic E-state index is 6.43. The summed E-state index contributed by atoms with van der Waals surface area (Å²) >= 11 is 6.43. The van der Waals surface area contributed by atoms with Crippen LogP contribution in [-0.4, -0.2) is 21.9 Å². The minimum atomic E-state index is -0.104. The highest BCUT2D eigenvalue weighted by Gasteiger charge is 2.20. The largest absolute Gasteiger partial charge is 0.481 e. The summed E-state index contributed by atoms with van der Waals surface area (Å²) in [7, 11) is 1.62. The molecule has 0 radical (unpaired) electrons. The lowest BCUT2D eigenvalue weighted by Crippen LogP contribution is -2.22. The molecule has 0 spiro atoms. The molecule has 0 atom stereocenters. The van der Waals surface area contributed by atoms with Crippen molar-refractivity contribution in [3.05, 3.63) is 64.9 Å². The average Bonchev–Trinajstić information content (AvgIpc) is 3.07. The van der Waals surface area contributed by atoms with E-state index in [1.165, 1.54) is 0 Å². The molecule has 6 heteroatoms. The van der Waals surface area contributed by atoms with Crippen molar-refractivity contribution in [3.63, 3.8) is 0 Å². The lowest BCUT2D eigenvalue weighted by Gasteiger charge is -2.18. The van der Waals surface area contributed by atoms with Crippen molar-refractivity contribution >= 4 is 11.6 Å². The van der Waals surface area contributed by atoms with E-state index in [1.54, 1.807) is 13.3 Å². The molecule has 0 aliphatic heterocycles. The van der Waals surface area contributed by atoms with E-state index < -0.39 is 0 Å². The number of hydrogen-bond acceptors (Lipinski definition) is 4. The number of benzene rings is 1. The molecule has 1 aromatic carbocycles. The second kappa shape index (κ2) is 8.11. The van der Waals surface area contributed by atoms with Crippen molar-refractivity contribution in [2.24, 2.45) is 0 Å². The lowest BCUT2D eigenvalue weighted by atomic mass is 10.1. The number of halogens is 1. The van der Waals surface area contributed by atoms with Gasteiger partial charge >= 0.3 is 0 Å². The molecule has 0 amide bonds. The Hall–Kier alpha value is -2.37. The number of methoxy groups -OCH3 is 1. The molecule has 5 nitrogen and oxygen atoms in total. The van der Waals surface area contributed by atoms with E-state index in [9.17, 15) is 0 Å². The Balaban J connectivity index is 1.83. The Morgan fingerprint density at radius 3 is 2.63 bits per heavy atom. The third-order valence-electron chi connectivity index (χ3n) is 4.26. The van der Waals surface area contributed by atoms with E-state index in [0.29, 0.717) is 24.0 Å². The monoisotopic (exact) mass is 384 g/mol. The second-order valence-corrected chi connectivity index (χ2v) is 7.82. The fraction of sp³-hybridized carbons (Fsp3) is 0.333. The molecule has 0 fully saturated rings. The van der Waals surface area contributed by atoms with Gasteiger partial charge in [0, 0.05) is 42.7 Å². The van der Waals surface area contributed by atoms with Crippen LogP contribution in [0.4, 0.5) is 0 Å². The summed E-state index contributed by atoms with van der Waals surface area (Å²) < 4.78 is 7.18. The van der Waals surface area contributed by atoms with Gasteiger partial charge in [-0.1, -0.05) is 29.8 Å². The summed E-state index contributed by atoms with van der Waals surface area (Å²) in [4.78, 5) is 4.14. The Bertz CT molecular complexity index is 915. The summed E-state index contributed by atoms with van der Waals surface area (Å²) in [6.45, 7) is 7.80. The summed E-state index contributed by atoms with van der Waals surface area (Å²) in [5, 5.41) is 9.02. The van der Waals surface area contributed by atoms with Crippen LogP contribution in [0.5, 0.6) is 5.88 Å². The number of nitrogens with zero attached hydrogens (tertiary/aromatic N) is 3. The van der Waals surface area contributed by atoms with Gasteiger partial charge in [-0.15, -0.1) is 0 Å². The predicted octanol–water partition coefficient (Wildman–Crippen LogP) is 4.65. The van der Waals surface area contributed by atoms with Gasteiger partial charge in [0.05, 0.1) is 23.4 Å². The molecule has 142 valence electrons. The molecule has 3 rings (SSSR count). The fourth-order valence-electron chi connectivity index (χ4n) is 2.78. The van der Waals surface area contributed by atoms with E-state index >= 15 is 0 Å². The smallest absolute Gasteiger partial charge is 0.213 e. The number of nitrogens with one attached hydrogen (secondary N) is 1. The van der Waals surface area contributed by atoms with Crippen molar-refractivity contribution in [1.29, 1.82) is 0 Å². The number of pyridine rings is 1. The third kappa shape index (κ3) is 4.67. The molecule has 0 saturated carbocycles. The first-order chi connectivity index (χ1) is 12.9. The lowest BCUT2D eigenvalue weighted by molar-refractivity contribution is 0.356. The first kappa shape index (κ1) is 19.4. The van der Waals surface area contributed by atoms with Gasteiger partial charge < -0.3 is 10.1 Å². The summed E-state index contributed by atoms with van der Waals surface area (Å²) in [6.07, 6.45) is 3.85. The highest BCUT2D eigenvalue weighted by atomic mass is 35.5. The molecular formula is C21H25ClN4O. The standard InChI is InChI=1S/C21H25ClN4O/c1-21(2,3)26-14-16(20(25-26)17-7-5-6-8-18(17)22)13-23-12-15-9-10-24-19(11-15)27-4/h5-11,14,23H,12-13H2,1-4H3. The normalized spacial score (nSPS) is 11.6. The minimum Gasteiger partial charge on any atom is -0.481 e. The predicted molar refractivity (Wildman–Crippen MR) is 109 cm³/mol. The summed E-state index contributed by atoms with van der Waals surface area (Å²) in [6, 6.07) is 11.7. The Labute approximate surface area is 165 Å². The van der Waals surface area contributed by atoms with Crippen LogP contribution in [0.2, 0.25) is 5.02 Å². The highest BCUT2D eigenvalue weighted by Crippen LogP contribution is 2.30. The van der Waals surface area contributed by atoms with Crippen LogP contribution in [0.25, 0.3) is 11.3 Å². The van der Waals surface area contributed by atoms with E-state index in [2.05, 4.69) is 37.3 Å². The summed E-state index contributed by atoms with van der Waals surface area (Å²) in [5.41, 5.74) is 3.98. The van der Waals surface area contributed by atoms with E-state index in [-0.39, 0.29) is 5.54 Å². The third-order valence-corrected chi connectivity index (χ3v) is 4.59. The number of rotatable bonds is 6. The molecule has 0 unspecified atom stereocenters. The van der Waals surface area contributed by atoms with E-state index in [1.807, 2.05) is 41.1 Å². The Morgan fingerprint density at radius 1 is 1.15 bits per heavy atom. The maximum absolute atomic E-state index is 6.43. The molecule has 2 aromatic heterocycles. The quantitative estimate of drug-likeness (QED) is 0.672. The van der Waals surface area contributed by atoms with Gasteiger partial charge in [-0.3, -0.25) is 4.68 Å². The zero-order chi connectivity index (χ0) is 19.4. The Kier molecular flexibility index (Phi) is 5.82. The first-order valence-electron chi connectivity index (χ1n) is 8.92. The number of aromatic nitrogens is 3. The molecule has 0 bridgehead atoms. The molecule has 3 aromatic rings. The van der Waals surface area contributed by atoms with Gasteiger partial charge in [-0.05, 0) is 38.5 Å². The van der Waals surface area contributed by atoms with Crippen LogP contribution >= 0.6 is 11.6 Å². The fourth-order valence-corrected chi connectivity index (χ4v) is 3.00. The van der Waals surface area contributed by atoms with Crippen LogP contribution in [0.15, 0.2) is 48.8 Å². The molecule has 2 heterocycles. The van der Waals surface area contributed by atoms with Gasteiger partial charge in [0.1, 0.15) is 0 Å². The second-order valence-electron chi connectivity index (χ2n) is 7.41. The van der Waals surface area contributed by atoms with Crippen molar-refractivity contribution in [1.82, 2.24) is 20.1 Å². The van der Waals surface area contributed by atoms with Gasteiger partial charge in [0.2, 0.25) is 5.88 Å². The van der Waals surface area contributed by atoms with Crippen molar-refractivity contribution in [2.75, 3.05) is 7.11 Å². The highest BCUT2D eigenvalue weighted by molar-refractivity contribution is 6.33. The molecule has 27 heavy (non-hydrogen) atoms.